The van der Waals surface area contributed by atoms with Crippen molar-refractivity contribution < 1.29 is 19.1 Å². The van der Waals surface area contributed by atoms with E-state index in [1.165, 1.54) is 7.11 Å². The van der Waals surface area contributed by atoms with Crippen LogP contribution in [0.25, 0.3) is 0 Å². The first-order valence-electron chi connectivity index (χ1n) is 8.22. The number of amides is 2. The Hall–Kier alpha value is -1.46. The van der Waals surface area contributed by atoms with Crippen LogP contribution >= 0.6 is 0 Å². The summed E-state index contributed by atoms with van der Waals surface area (Å²) in [6, 6.07) is -0.120. The molecule has 0 spiro atoms. The van der Waals surface area contributed by atoms with Crippen molar-refractivity contribution in [1.82, 2.24) is 10.2 Å². The molecular formula is C17H32N2O4. The number of methoxy groups -OCH3 is 1. The number of nitrogens with zero attached hydrogens (tertiary/aromatic N) is 1. The van der Waals surface area contributed by atoms with Crippen molar-refractivity contribution in [2.75, 3.05) is 20.2 Å². The molecule has 134 valence electrons. The van der Waals surface area contributed by atoms with Crippen LogP contribution < -0.4 is 5.32 Å². The topological polar surface area (TPSA) is 67.9 Å². The Kier molecular flexibility index (Phi) is 6.31. The van der Waals surface area contributed by atoms with Crippen molar-refractivity contribution in [3.05, 3.63) is 0 Å². The van der Waals surface area contributed by atoms with Gasteiger partial charge in [0.15, 0.2) is 0 Å². The van der Waals surface area contributed by atoms with Gasteiger partial charge >= 0.3 is 12.2 Å². The Balaban J connectivity index is 2.73. The molecule has 0 aliphatic carbocycles. The van der Waals surface area contributed by atoms with E-state index in [1.54, 1.807) is 4.90 Å². The van der Waals surface area contributed by atoms with E-state index < -0.39 is 11.7 Å². The summed E-state index contributed by atoms with van der Waals surface area (Å²) < 4.78 is 10.2. The van der Waals surface area contributed by atoms with Crippen LogP contribution in [-0.2, 0) is 9.47 Å². The van der Waals surface area contributed by atoms with Gasteiger partial charge in [-0.15, -0.1) is 0 Å². The van der Waals surface area contributed by atoms with Crippen molar-refractivity contribution >= 4 is 12.2 Å². The lowest BCUT2D eigenvalue weighted by Gasteiger charge is -2.39. The first kappa shape index (κ1) is 19.6. The highest BCUT2D eigenvalue weighted by Crippen LogP contribution is 2.30. The molecule has 0 radical (unpaired) electrons. The lowest BCUT2D eigenvalue weighted by atomic mass is 9.80. The highest BCUT2D eigenvalue weighted by molar-refractivity contribution is 5.69. The molecule has 0 saturated carbocycles. The molecule has 0 aromatic heterocycles. The molecule has 1 aliphatic rings. The lowest BCUT2D eigenvalue weighted by Crippen LogP contribution is -2.53. The number of nitrogens with one attached hydrogen (secondary N) is 1. The van der Waals surface area contributed by atoms with Gasteiger partial charge in [-0.2, -0.15) is 0 Å². The summed E-state index contributed by atoms with van der Waals surface area (Å²) in [6.07, 6.45) is 1.03. The predicted molar refractivity (Wildman–Crippen MR) is 89.3 cm³/mol. The Morgan fingerprint density at radius 2 is 1.74 bits per heavy atom. The maximum Gasteiger partial charge on any atom is 0.409 e. The van der Waals surface area contributed by atoms with Gasteiger partial charge in [-0.1, -0.05) is 20.8 Å². The SMILES string of the molecule is COC(=O)N1CC(CC(C)(C)C)CC(NC(=O)OC(C)(C)C)C1. The van der Waals surface area contributed by atoms with Crippen molar-refractivity contribution in [2.45, 2.75) is 66.0 Å². The maximum absolute atomic E-state index is 12.0. The second kappa shape index (κ2) is 7.41. The summed E-state index contributed by atoms with van der Waals surface area (Å²) in [5.41, 5.74) is -0.369. The average Bonchev–Trinajstić information content (AvgIpc) is 2.32. The number of hydrogen-bond donors (Lipinski definition) is 1. The van der Waals surface area contributed by atoms with E-state index >= 15 is 0 Å². The molecule has 6 nitrogen and oxygen atoms in total. The minimum Gasteiger partial charge on any atom is -0.453 e. The molecule has 1 fully saturated rings. The molecule has 1 rings (SSSR count). The number of rotatable bonds is 2. The maximum atomic E-state index is 12.0. The van der Waals surface area contributed by atoms with Gasteiger partial charge < -0.3 is 19.7 Å². The van der Waals surface area contributed by atoms with Gasteiger partial charge in [0.1, 0.15) is 5.60 Å². The molecular weight excluding hydrogens is 296 g/mol. The number of alkyl carbamates (subject to hydrolysis) is 1. The molecule has 0 bridgehead atoms. The van der Waals surface area contributed by atoms with Gasteiger partial charge in [0.2, 0.25) is 0 Å². The summed E-state index contributed by atoms with van der Waals surface area (Å²) >= 11 is 0. The highest BCUT2D eigenvalue weighted by Gasteiger charge is 2.34. The Morgan fingerprint density at radius 1 is 1.13 bits per heavy atom. The second-order valence-electron chi connectivity index (χ2n) is 8.58. The van der Waals surface area contributed by atoms with E-state index in [0.29, 0.717) is 19.0 Å². The molecule has 2 amide bonds. The Labute approximate surface area is 139 Å². The predicted octanol–water partition coefficient (Wildman–Crippen LogP) is 3.40. The summed E-state index contributed by atoms with van der Waals surface area (Å²) in [7, 11) is 1.38. The molecule has 23 heavy (non-hydrogen) atoms. The number of hydrogen-bond acceptors (Lipinski definition) is 4. The zero-order valence-electron chi connectivity index (χ0n) is 15.6. The van der Waals surface area contributed by atoms with Gasteiger partial charge in [0.25, 0.3) is 0 Å². The second-order valence-corrected chi connectivity index (χ2v) is 8.58. The van der Waals surface area contributed by atoms with E-state index in [9.17, 15) is 9.59 Å². The van der Waals surface area contributed by atoms with Gasteiger partial charge in [0.05, 0.1) is 13.2 Å². The largest absolute Gasteiger partial charge is 0.453 e. The molecule has 1 N–H and O–H groups in total. The number of piperidine rings is 1. The summed E-state index contributed by atoms with van der Waals surface area (Å²) in [4.78, 5) is 25.6. The van der Waals surface area contributed by atoms with E-state index in [1.807, 2.05) is 20.8 Å². The number of likely N-dealkylation sites (tertiary alicyclic amines) is 1. The third-order valence-electron chi connectivity index (χ3n) is 3.59. The van der Waals surface area contributed by atoms with Crippen LogP contribution in [0.2, 0.25) is 0 Å². The van der Waals surface area contributed by atoms with Crippen molar-refractivity contribution in [2.24, 2.45) is 11.3 Å². The van der Waals surface area contributed by atoms with Crippen LogP contribution in [0.3, 0.4) is 0 Å². The van der Waals surface area contributed by atoms with Crippen molar-refractivity contribution in [3.8, 4) is 0 Å². The molecule has 0 aromatic carbocycles. The number of carbonyl (C=O) groups is 2. The van der Waals surface area contributed by atoms with Crippen LogP contribution in [0.4, 0.5) is 9.59 Å². The van der Waals surface area contributed by atoms with E-state index in [4.69, 9.17) is 9.47 Å². The highest BCUT2D eigenvalue weighted by atomic mass is 16.6. The average molecular weight is 328 g/mol. The van der Waals surface area contributed by atoms with Gasteiger partial charge in [0, 0.05) is 13.1 Å². The Morgan fingerprint density at radius 3 is 2.22 bits per heavy atom. The summed E-state index contributed by atoms with van der Waals surface area (Å²) in [5, 5.41) is 2.89. The summed E-state index contributed by atoms with van der Waals surface area (Å²) in [6.45, 7) is 13.1. The minimum absolute atomic E-state index is 0.120. The molecule has 2 unspecified atom stereocenters. The molecule has 1 saturated heterocycles. The normalized spacial score (nSPS) is 22.5. The van der Waals surface area contributed by atoms with E-state index in [0.717, 1.165) is 12.8 Å². The van der Waals surface area contributed by atoms with Gasteiger partial charge in [-0.25, -0.2) is 9.59 Å². The van der Waals surface area contributed by atoms with Crippen LogP contribution in [0.1, 0.15) is 54.4 Å². The van der Waals surface area contributed by atoms with Crippen molar-refractivity contribution in [3.63, 3.8) is 0 Å². The van der Waals surface area contributed by atoms with E-state index in [-0.39, 0.29) is 17.6 Å². The first-order valence-corrected chi connectivity index (χ1v) is 8.22. The van der Waals surface area contributed by atoms with Gasteiger partial charge in [-0.05, 0) is 44.9 Å². The van der Waals surface area contributed by atoms with Gasteiger partial charge in [-0.3, -0.25) is 0 Å². The monoisotopic (exact) mass is 328 g/mol. The Bertz CT molecular complexity index is 423. The molecule has 6 heteroatoms. The zero-order valence-corrected chi connectivity index (χ0v) is 15.6. The van der Waals surface area contributed by atoms with Crippen molar-refractivity contribution in [1.29, 1.82) is 0 Å². The molecule has 0 aromatic rings. The number of carbonyl (C=O) groups excluding carboxylic acids is 2. The zero-order chi connectivity index (χ0) is 17.8. The fraction of sp³-hybridized carbons (Fsp3) is 0.882. The molecule has 1 heterocycles. The third-order valence-corrected chi connectivity index (χ3v) is 3.59. The quantitative estimate of drug-likeness (QED) is 0.843. The van der Waals surface area contributed by atoms with Crippen LogP contribution in [-0.4, -0.2) is 48.9 Å². The van der Waals surface area contributed by atoms with E-state index in [2.05, 4.69) is 26.1 Å². The fourth-order valence-electron chi connectivity index (χ4n) is 3.07. The molecule has 2 atom stereocenters. The smallest absolute Gasteiger partial charge is 0.409 e. The third kappa shape index (κ3) is 7.57. The van der Waals surface area contributed by atoms with Crippen LogP contribution in [0.15, 0.2) is 0 Å². The molecule has 1 aliphatic heterocycles. The van der Waals surface area contributed by atoms with Crippen LogP contribution in [0, 0.1) is 11.3 Å². The minimum atomic E-state index is -0.536. The fourth-order valence-corrected chi connectivity index (χ4v) is 3.07. The number of ether oxygens (including phenoxy) is 2. The van der Waals surface area contributed by atoms with Crippen LogP contribution in [0.5, 0.6) is 0 Å². The lowest BCUT2D eigenvalue weighted by molar-refractivity contribution is 0.0417. The summed E-state index contributed by atoms with van der Waals surface area (Å²) in [5.74, 6) is 0.322. The first-order chi connectivity index (χ1) is 10.4. The standard InChI is InChI=1S/C17H32N2O4/c1-16(2,3)9-12-8-13(11-19(10-12)15(21)22-7)18-14(20)23-17(4,5)6/h12-13H,8-11H2,1-7H3,(H,18,20).